The number of benzene rings is 1. The number of nitrogens with one attached hydrogen (secondary N) is 1. The van der Waals surface area contributed by atoms with Crippen LogP contribution < -0.4 is 16.0 Å². The first-order chi connectivity index (χ1) is 17.4. The molecule has 0 spiro atoms. The highest BCUT2D eigenvalue weighted by Crippen LogP contribution is 2.28. The first kappa shape index (κ1) is 23.4. The molecule has 9 nitrogen and oxygen atoms in total. The number of para-hydroxylation sites is 1. The third-order valence-electron chi connectivity index (χ3n) is 6.29. The monoisotopic (exact) mass is 486 g/mol. The van der Waals surface area contributed by atoms with E-state index >= 15 is 0 Å². The molecule has 0 saturated carbocycles. The number of carbonyl (C=O) groups is 1. The Balaban J connectivity index is 1.44. The van der Waals surface area contributed by atoms with Crippen molar-refractivity contribution in [2.75, 3.05) is 43.4 Å². The molecule has 1 aliphatic heterocycles. The number of hydrogen-bond donors (Lipinski definition) is 2. The van der Waals surface area contributed by atoms with Crippen LogP contribution in [0.15, 0.2) is 60.9 Å². The van der Waals surface area contributed by atoms with E-state index in [0.29, 0.717) is 22.6 Å². The van der Waals surface area contributed by atoms with Crippen molar-refractivity contribution < 1.29 is 9.18 Å². The van der Waals surface area contributed by atoms with Gasteiger partial charge in [-0.25, -0.2) is 19.0 Å². The second-order valence-electron chi connectivity index (χ2n) is 8.83. The molecule has 4 heterocycles. The third-order valence-corrected chi connectivity index (χ3v) is 6.29. The van der Waals surface area contributed by atoms with Gasteiger partial charge in [-0.2, -0.15) is 5.10 Å². The number of carbonyl (C=O) groups excluding carboxylic acids is 1. The van der Waals surface area contributed by atoms with E-state index in [-0.39, 0.29) is 17.1 Å². The Kier molecular flexibility index (Phi) is 6.34. The maximum Gasteiger partial charge on any atom is 0.252 e. The molecule has 1 aliphatic rings. The van der Waals surface area contributed by atoms with Crippen LogP contribution in [0.4, 0.5) is 21.7 Å². The molecule has 0 bridgehead atoms. The molecule has 1 amide bonds. The lowest BCUT2D eigenvalue weighted by molar-refractivity contribution is 0.100. The zero-order valence-electron chi connectivity index (χ0n) is 20.1. The average Bonchev–Trinajstić information content (AvgIpc) is 3.37. The number of hydrogen-bond acceptors (Lipinski definition) is 7. The number of halogens is 1. The number of aromatic nitrogens is 4. The largest absolute Gasteiger partial charge is 0.365 e. The number of nitrogens with zero attached hydrogens (tertiary/aromatic N) is 6. The number of amides is 1. The van der Waals surface area contributed by atoms with Gasteiger partial charge in [0.05, 0.1) is 23.1 Å². The van der Waals surface area contributed by atoms with Gasteiger partial charge in [-0.15, -0.1) is 0 Å². The summed E-state index contributed by atoms with van der Waals surface area (Å²) in [6.07, 6.45) is 3.50. The minimum Gasteiger partial charge on any atom is -0.365 e. The lowest BCUT2D eigenvalue weighted by Gasteiger charge is -2.33. The van der Waals surface area contributed by atoms with Gasteiger partial charge in [-0.05, 0) is 49.9 Å². The van der Waals surface area contributed by atoms with Gasteiger partial charge in [0.25, 0.3) is 5.91 Å². The van der Waals surface area contributed by atoms with Crippen LogP contribution in [-0.4, -0.2) is 63.8 Å². The SMILES string of the molecule is Cc1cccc(F)c1Nc1nc(-c2cnn(-c3cccc(N4CCN(C)CC4)n3)c2)ccc1C(N)=O. The van der Waals surface area contributed by atoms with Gasteiger partial charge in [-0.3, -0.25) is 4.79 Å². The number of likely N-dealkylation sites (N-methyl/N-ethyl adjacent to an activating group) is 1. The zero-order chi connectivity index (χ0) is 25.2. The molecular weight excluding hydrogens is 459 g/mol. The summed E-state index contributed by atoms with van der Waals surface area (Å²) in [5.41, 5.74) is 7.90. The molecule has 36 heavy (non-hydrogen) atoms. The highest BCUT2D eigenvalue weighted by molar-refractivity contribution is 5.98. The van der Waals surface area contributed by atoms with E-state index < -0.39 is 11.7 Å². The smallest absolute Gasteiger partial charge is 0.252 e. The number of aryl methyl sites for hydroxylation is 1. The van der Waals surface area contributed by atoms with Crippen molar-refractivity contribution in [3.8, 4) is 17.1 Å². The van der Waals surface area contributed by atoms with E-state index in [0.717, 1.165) is 32.0 Å². The fourth-order valence-electron chi connectivity index (χ4n) is 4.15. The van der Waals surface area contributed by atoms with Crippen LogP contribution >= 0.6 is 0 Å². The number of piperazine rings is 1. The molecule has 1 aromatic carbocycles. The quantitative estimate of drug-likeness (QED) is 0.431. The summed E-state index contributed by atoms with van der Waals surface area (Å²) in [5, 5.41) is 7.43. The number of anilines is 3. The van der Waals surface area contributed by atoms with Gasteiger partial charge in [-0.1, -0.05) is 18.2 Å². The first-order valence-corrected chi connectivity index (χ1v) is 11.7. The normalized spacial score (nSPS) is 14.1. The molecule has 0 unspecified atom stereocenters. The Morgan fingerprint density at radius 3 is 2.50 bits per heavy atom. The summed E-state index contributed by atoms with van der Waals surface area (Å²) in [5.74, 6) is 0.666. The van der Waals surface area contributed by atoms with Crippen LogP contribution in [-0.2, 0) is 0 Å². The first-order valence-electron chi connectivity index (χ1n) is 11.7. The second kappa shape index (κ2) is 9.74. The van der Waals surface area contributed by atoms with E-state index in [1.54, 1.807) is 42.1 Å². The van der Waals surface area contributed by atoms with Crippen molar-refractivity contribution >= 4 is 23.2 Å². The average molecular weight is 487 g/mol. The van der Waals surface area contributed by atoms with Crippen molar-refractivity contribution in [1.82, 2.24) is 24.6 Å². The van der Waals surface area contributed by atoms with Crippen LogP contribution in [0.3, 0.4) is 0 Å². The van der Waals surface area contributed by atoms with Crippen molar-refractivity contribution in [3.63, 3.8) is 0 Å². The Hall–Kier alpha value is -4.31. The summed E-state index contributed by atoms with van der Waals surface area (Å²) >= 11 is 0. The molecule has 0 radical (unpaired) electrons. The van der Waals surface area contributed by atoms with Crippen molar-refractivity contribution in [3.05, 3.63) is 77.9 Å². The predicted octanol–water partition coefficient (Wildman–Crippen LogP) is 3.37. The topological polar surface area (TPSA) is 105 Å². The maximum absolute atomic E-state index is 14.4. The van der Waals surface area contributed by atoms with E-state index in [9.17, 15) is 9.18 Å². The van der Waals surface area contributed by atoms with Crippen LogP contribution in [0.25, 0.3) is 17.1 Å². The fourth-order valence-corrected chi connectivity index (χ4v) is 4.15. The molecule has 1 saturated heterocycles. The van der Waals surface area contributed by atoms with E-state index in [1.807, 2.05) is 24.4 Å². The lowest BCUT2D eigenvalue weighted by atomic mass is 10.1. The van der Waals surface area contributed by atoms with E-state index in [1.165, 1.54) is 6.07 Å². The Labute approximate surface area is 208 Å². The summed E-state index contributed by atoms with van der Waals surface area (Å²) in [6, 6.07) is 13.9. The molecule has 184 valence electrons. The zero-order valence-corrected chi connectivity index (χ0v) is 20.1. The van der Waals surface area contributed by atoms with Crippen LogP contribution in [0.2, 0.25) is 0 Å². The van der Waals surface area contributed by atoms with Gasteiger partial charge in [0.2, 0.25) is 0 Å². The highest BCUT2D eigenvalue weighted by Gasteiger charge is 2.18. The van der Waals surface area contributed by atoms with E-state index in [4.69, 9.17) is 10.7 Å². The second-order valence-corrected chi connectivity index (χ2v) is 8.83. The minimum absolute atomic E-state index is 0.162. The molecule has 3 aromatic heterocycles. The van der Waals surface area contributed by atoms with Crippen LogP contribution in [0, 0.1) is 12.7 Å². The molecule has 3 N–H and O–H groups in total. The third kappa shape index (κ3) is 4.76. The fraction of sp³-hybridized carbons (Fsp3) is 0.231. The van der Waals surface area contributed by atoms with Gasteiger partial charge in [0, 0.05) is 37.9 Å². The lowest BCUT2D eigenvalue weighted by Crippen LogP contribution is -2.44. The minimum atomic E-state index is -0.661. The van der Waals surface area contributed by atoms with Gasteiger partial charge in [0.1, 0.15) is 17.5 Å². The Morgan fingerprint density at radius 2 is 1.75 bits per heavy atom. The predicted molar refractivity (Wildman–Crippen MR) is 137 cm³/mol. The molecular formula is C26H27FN8O. The summed E-state index contributed by atoms with van der Waals surface area (Å²) in [7, 11) is 2.12. The van der Waals surface area contributed by atoms with Crippen molar-refractivity contribution in [2.45, 2.75) is 6.92 Å². The van der Waals surface area contributed by atoms with Gasteiger partial charge < -0.3 is 20.9 Å². The molecule has 10 heteroatoms. The number of nitrogens with two attached hydrogens (primary N) is 1. The summed E-state index contributed by atoms with van der Waals surface area (Å²) < 4.78 is 16.1. The maximum atomic E-state index is 14.4. The molecule has 0 atom stereocenters. The number of primary amides is 1. The molecule has 4 aromatic rings. The van der Waals surface area contributed by atoms with Gasteiger partial charge >= 0.3 is 0 Å². The number of rotatable bonds is 6. The summed E-state index contributed by atoms with van der Waals surface area (Å²) in [6.45, 7) is 5.60. The van der Waals surface area contributed by atoms with Crippen LogP contribution in [0.5, 0.6) is 0 Å². The van der Waals surface area contributed by atoms with E-state index in [2.05, 4.69) is 32.2 Å². The van der Waals surface area contributed by atoms with Gasteiger partial charge in [0.15, 0.2) is 5.82 Å². The van der Waals surface area contributed by atoms with Crippen molar-refractivity contribution in [1.29, 1.82) is 0 Å². The summed E-state index contributed by atoms with van der Waals surface area (Å²) in [4.78, 5) is 26.0. The number of pyridine rings is 2. The van der Waals surface area contributed by atoms with Crippen molar-refractivity contribution in [2.24, 2.45) is 5.73 Å². The Bertz CT molecular complexity index is 1390. The standard InChI is InChI=1S/C26H27FN8O/c1-17-5-3-6-20(27)24(17)32-26-19(25(28)36)9-10-21(30-26)18-15-29-35(16-18)23-8-4-7-22(31-23)34-13-11-33(2)12-14-34/h3-10,15-16H,11-14H2,1-2H3,(H2,28,36)(H,30,32). The van der Waals surface area contributed by atoms with Crippen LogP contribution in [0.1, 0.15) is 15.9 Å². The highest BCUT2D eigenvalue weighted by atomic mass is 19.1. The Morgan fingerprint density at radius 1 is 1.00 bits per heavy atom. The molecule has 0 aliphatic carbocycles. The molecule has 5 rings (SSSR count). The molecule has 1 fully saturated rings.